The van der Waals surface area contributed by atoms with Gasteiger partial charge < -0.3 is 9.13 Å². The Bertz CT molecular complexity index is 3560. The van der Waals surface area contributed by atoms with Crippen LogP contribution in [0.25, 0.3) is 110 Å². The van der Waals surface area contributed by atoms with Crippen molar-refractivity contribution in [2.45, 2.75) is 31.1 Å². The first-order valence-corrected chi connectivity index (χ1v) is 21.9. The van der Waals surface area contributed by atoms with Crippen LogP contribution in [0.3, 0.4) is 0 Å². The Morgan fingerprint density at radius 2 is 0.754 bits per heavy atom. The first kappa shape index (κ1) is 33.4. The van der Waals surface area contributed by atoms with Crippen molar-refractivity contribution in [2.24, 2.45) is 0 Å². The average Bonchev–Trinajstić information content (AvgIpc) is 4.04. The Morgan fingerprint density at radius 3 is 1.25 bits per heavy atom. The maximum atomic E-state index is 2.54. The molecule has 2 nitrogen and oxygen atoms in total. The minimum Gasteiger partial charge on any atom is -0.309 e. The van der Waals surface area contributed by atoms with Gasteiger partial charge in [0.15, 0.2) is 0 Å². The van der Waals surface area contributed by atoms with Crippen LogP contribution >= 0.6 is 0 Å². The highest BCUT2D eigenvalue weighted by Crippen LogP contribution is 2.57. The minimum atomic E-state index is -0.0208. The largest absolute Gasteiger partial charge is 0.309 e. The third kappa shape index (κ3) is 4.46. The van der Waals surface area contributed by atoms with Crippen LogP contribution in [0.15, 0.2) is 194 Å². The summed E-state index contributed by atoms with van der Waals surface area (Å²) in [4.78, 5) is 0. The zero-order valence-corrected chi connectivity index (χ0v) is 33.7. The third-order valence-corrected chi connectivity index (χ3v) is 14.6. The standard InChI is InChI=1S/C59H40N2/c1-3-13-37(14-4-1)40-23-29-54-46(35-40)42-17-7-9-19-50(42)60(54)52-31-27-48-57-44(52)25-21-39-22-26-45-53(32-28-49(58(45)56(39)57)59(48)33-11-12-34-59)61-51-20-10-8-18-43(51)47-36-41(24-30-55(47)61)38-15-5-2-6-16-38/h1-10,13-32,35-36H,11-12,33-34H2. The van der Waals surface area contributed by atoms with E-state index in [1.807, 2.05) is 0 Å². The summed E-state index contributed by atoms with van der Waals surface area (Å²) in [6.45, 7) is 0. The van der Waals surface area contributed by atoms with Crippen molar-refractivity contribution >= 4 is 75.9 Å². The van der Waals surface area contributed by atoms with Gasteiger partial charge in [0.05, 0.1) is 33.4 Å². The van der Waals surface area contributed by atoms with Crippen LogP contribution in [0, 0.1) is 0 Å². The first-order chi connectivity index (χ1) is 30.2. The fraction of sp³-hybridized carbons (Fsp3) is 0.0847. The lowest BCUT2D eigenvalue weighted by Crippen LogP contribution is -2.27. The van der Waals surface area contributed by atoms with Crippen LogP contribution in [0.1, 0.15) is 36.8 Å². The smallest absolute Gasteiger partial charge is 0.0541 e. The number of rotatable bonds is 4. The molecule has 1 fully saturated rings. The number of fused-ring (bicyclic) bond motifs is 8. The van der Waals surface area contributed by atoms with E-state index in [4.69, 9.17) is 0 Å². The molecule has 0 unspecified atom stereocenters. The number of nitrogens with zero attached hydrogens (tertiary/aromatic N) is 2. The lowest BCUT2D eigenvalue weighted by molar-refractivity contribution is 0.543. The van der Waals surface area contributed by atoms with Gasteiger partial charge in [0.25, 0.3) is 0 Å². The summed E-state index contributed by atoms with van der Waals surface area (Å²) in [7, 11) is 0. The summed E-state index contributed by atoms with van der Waals surface area (Å²) in [6.07, 6.45) is 4.85. The van der Waals surface area contributed by atoms with Gasteiger partial charge in [-0.1, -0.05) is 158 Å². The molecule has 1 spiro atoms. The molecule has 0 atom stereocenters. The van der Waals surface area contributed by atoms with E-state index in [1.54, 1.807) is 0 Å². The van der Waals surface area contributed by atoms with Gasteiger partial charge in [-0.2, -0.15) is 0 Å². The molecule has 286 valence electrons. The van der Waals surface area contributed by atoms with Crippen molar-refractivity contribution in [2.75, 3.05) is 0 Å². The van der Waals surface area contributed by atoms with Gasteiger partial charge in [0.1, 0.15) is 0 Å². The monoisotopic (exact) mass is 776 g/mol. The summed E-state index contributed by atoms with van der Waals surface area (Å²) in [6, 6.07) is 73.1. The Hall–Kier alpha value is -7.42. The summed E-state index contributed by atoms with van der Waals surface area (Å²) in [5, 5.41) is 13.4. The molecule has 2 aromatic heterocycles. The molecule has 2 aliphatic rings. The van der Waals surface area contributed by atoms with E-state index in [9.17, 15) is 0 Å². The maximum absolute atomic E-state index is 2.54. The fourth-order valence-corrected chi connectivity index (χ4v) is 12.0. The predicted octanol–water partition coefficient (Wildman–Crippen LogP) is 15.8. The van der Waals surface area contributed by atoms with Gasteiger partial charge in [-0.25, -0.2) is 0 Å². The number of benzene rings is 10. The highest BCUT2D eigenvalue weighted by atomic mass is 15.0. The van der Waals surface area contributed by atoms with Crippen molar-refractivity contribution in [1.82, 2.24) is 9.13 Å². The molecule has 0 bridgehead atoms. The molecule has 2 aliphatic carbocycles. The Morgan fingerprint density at radius 1 is 0.311 bits per heavy atom. The van der Waals surface area contributed by atoms with Crippen molar-refractivity contribution in [3.8, 4) is 33.6 Å². The van der Waals surface area contributed by atoms with Gasteiger partial charge >= 0.3 is 0 Å². The second kappa shape index (κ2) is 12.3. The van der Waals surface area contributed by atoms with Gasteiger partial charge in [0.2, 0.25) is 0 Å². The third-order valence-electron chi connectivity index (χ3n) is 14.6. The Kier molecular flexibility index (Phi) is 6.75. The molecule has 12 aromatic rings. The molecule has 2 heteroatoms. The van der Waals surface area contributed by atoms with E-state index in [1.165, 1.54) is 146 Å². The highest BCUT2D eigenvalue weighted by Gasteiger charge is 2.43. The normalized spacial score (nSPS) is 14.4. The molecule has 14 rings (SSSR count). The molecule has 10 aromatic carbocycles. The van der Waals surface area contributed by atoms with Crippen LogP contribution in [0.5, 0.6) is 0 Å². The molecule has 0 N–H and O–H groups in total. The average molecular weight is 777 g/mol. The van der Waals surface area contributed by atoms with E-state index in [-0.39, 0.29) is 5.41 Å². The molecule has 61 heavy (non-hydrogen) atoms. The number of hydrogen-bond donors (Lipinski definition) is 0. The second-order valence-corrected chi connectivity index (χ2v) is 17.5. The molecular weight excluding hydrogens is 737 g/mol. The predicted molar refractivity (Wildman–Crippen MR) is 258 cm³/mol. The topological polar surface area (TPSA) is 9.86 Å². The number of para-hydroxylation sites is 2. The Labute approximate surface area is 353 Å². The maximum Gasteiger partial charge on any atom is 0.0541 e. The molecule has 0 amide bonds. The molecule has 0 radical (unpaired) electrons. The van der Waals surface area contributed by atoms with E-state index in [0.717, 1.165) is 0 Å². The zero-order valence-electron chi connectivity index (χ0n) is 33.7. The van der Waals surface area contributed by atoms with Gasteiger partial charge in [-0.05, 0) is 116 Å². The zero-order chi connectivity index (χ0) is 39.8. The molecule has 0 saturated heterocycles. The number of hydrogen-bond acceptors (Lipinski definition) is 0. The van der Waals surface area contributed by atoms with Crippen molar-refractivity contribution in [3.05, 3.63) is 205 Å². The van der Waals surface area contributed by atoms with Crippen molar-refractivity contribution < 1.29 is 0 Å². The van der Waals surface area contributed by atoms with Crippen LogP contribution in [0.4, 0.5) is 0 Å². The SMILES string of the molecule is c1ccc(-c2ccc3c(c2)c2ccccc2n3-c2ccc3c4c2ccc2ccc5c(-n6c7ccccc7c7cc(-c8ccccc8)ccc76)ccc(c5c24)C32CCCC2)cc1. The lowest BCUT2D eigenvalue weighted by Gasteiger charge is -2.38. The van der Waals surface area contributed by atoms with Crippen molar-refractivity contribution in [1.29, 1.82) is 0 Å². The fourth-order valence-electron chi connectivity index (χ4n) is 12.0. The number of aromatic nitrogens is 2. The van der Waals surface area contributed by atoms with Crippen LogP contribution in [-0.2, 0) is 5.41 Å². The van der Waals surface area contributed by atoms with E-state index in [0.29, 0.717) is 0 Å². The van der Waals surface area contributed by atoms with Crippen LogP contribution in [0.2, 0.25) is 0 Å². The summed E-state index contributed by atoms with van der Waals surface area (Å²) >= 11 is 0. The summed E-state index contributed by atoms with van der Waals surface area (Å²) in [5.41, 5.74) is 15.4. The molecule has 1 saturated carbocycles. The van der Waals surface area contributed by atoms with E-state index >= 15 is 0 Å². The summed E-state index contributed by atoms with van der Waals surface area (Å²) < 4.78 is 5.08. The van der Waals surface area contributed by atoms with Gasteiger partial charge in [0, 0.05) is 37.7 Å². The van der Waals surface area contributed by atoms with Crippen molar-refractivity contribution in [3.63, 3.8) is 0 Å². The van der Waals surface area contributed by atoms with Crippen LogP contribution < -0.4 is 0 Å². The quantitative estimate of drug-likeness (QED) is 0.158. The van der Waals surface area contributed by atoms with E-state index in [2.05, 4.69) is 203 Å². The highest BCUT2D eigenvalue weighted by molar-refractivity contribution is 6.27. The molecule has 2 heterocycles. The van der Waals surface area contributed by atoms with E-state index < -0.39 is 0 Å². The van der Waals surface area contributed by atoms with Gasteiger partial charge in [-0.3, -0.25) is 0 Å². The Balaban J connectivity index is 1.07. The van der Waals surface area contributed by atoms with Crippen LogP contribution in [-0.4, -0.2) is 9.13 Å². The minimum absolute atomic E-state index is 0.0208. The first-order valence-electron chi connectivity index (χ1n) is 21.9. The second-order valence-electron chi connectivity index (χ2n) is 17.5. The van der Waals surface area contributed by atoms with Gasteiger partial charge in [-0.15, -0.1) is 0 Å². The lowest BCUT2D eigenvalue weighted by atomic mass is 9.66. The molecule has 0 aliphatic heterocycles. The molecular formula is C59H40N2. The summed E-state index contributed by atoms with van der Waals surface area (Å²) in [5.74, 6) is 0.